The predicted octanol–water partition coefficient (Wildman–Crippen LogP) is -1.93. The van der Waals surface area contributed by atoms with Crippen LogP contribution in [0.3, 0.4) is 0 Å². The van der Waals surface area contributed by atoms with Gasteiger partial charge < -0.3 is 30.1 Å². The Balaban J connectivity index is 2.88. The number of aliphatic hydroxyl groups is 2. The Morgan fingerprint density at radius 3 is 2.33 bits per heavy atom. The summed E-state index contributed by atoms with van der Waals surface area (Å²) in [5.41, 5.74) is 0. The van der Waals surface area contributed by atoms with Crippen LogP contribution in [0.2, 0.25) is 0 Å². The molecule has 10 heteroatoms. The second-order valence-corrected chi connectivity index (χ2v) is 5.21. The minimum atomic E-state index is -4.86. The van der Waals surface area contributed by atoms with Crippen LogP contribution >= 0.6 is 7.82 Å². The van der Waals surface area contributed by atoms with Crippen LogP contribution in [0.1, 0.15) is 13.8 Å². The zero-order valence-electron chi connectivity index (χ0n) is 9.76. The first-order chi connectivity index (χ1) is 8.11. The molecule has 1 rings (SSSR count). The van der Waals surface area contributed by atoms with E-state index in [9.17, 15) is 19.6 Å². The van der Waals surface area contributed by atoms with E-state index in [0.717, 1.165) is 6.92 Å². The fraction of sp³-hybridized carbons (Fsp3) is 0.875. The number of phosphoric ester groups is 1. The summed E-state index contributed by atoms with van der Waals surface area (Å²) in [5, 5.41) is 21.5. The lowest BCUT2D eigenvalue weighted by Gasteiger charge is -2.41. The van der Waals surface area contributed by atoms with Gasteiger partial charge >= 0.3 is 7.82 Å². The van der Waals surface area contributed by atoms with Crippen molar-refractivity contribution >= 4 is 13.7 Å². The Morgan fingerprint density at radius 1 is 1.33 bits per heavy atom. The molecule has 1 amide bonds. The van der Waals surface area contributed by atoms with E-state index < -0.39 is 44.4 Å². The number of phosphoric acid groups is 1. The summed E-state index contributed by atoms with van der Waals surface area (Å²) in [6.45, 7) is 2.54. The molecule has 9 nitrogen and oxygen atoms in total. The van der Waals surface area contributed by atoms with Gasteiger partial charge in [0.1, 0.15) is 18.2 Å². The lowest BCUT2D eigenvalue weighted by Crippen LogP contribution is -2.63. The molecule has 0 aromatic heterocycles. The lowest BCUT2D eigenvalue weighted by atomic mass is 9.98. The molecule has 1 fully saturated rings. The van der Waals surface area contributed by atoms with Crippen molar-refractivity contribution in [3.8, 4) is 0 Å². The molecule has 0 saturated carbocycles. The topological polar surface area (TPSA) is 146 Å². The van der Waals surface area contributed by atoms with Crippen molar-refractivity contribution in [1.29, 1.82) is 0 Å². The van der Waals surface area contributed by atoms with Gasteiger partial charge in [0.2, 0.25) is 5.91 Å². The quantitative estimate of drug-likeness (QED) is 0.377. The van der Waals surface area contributed by atoms with E-state index in [1.807, 2.05) is 0 Å². The van der Waals surface area contributed by atoms with Crippen LogP contribution in [0.25, 0.3) is 0 Å². The first-order valence-electron chi connectivity index (χ1n) is 5.14. The maximum absolute atomic E-state index is 10.9. The summed E-state index contributed by atoms with van der Waals surface area (Å²) in [4.78, 5) is 28.4. The molecule has 106 valence electrons. The van der Waals surface area contributed by atoms with Crippen LogP contribution in [-0.4, -0.2) is 56.6 Å². The average Bonchev–Trinajstić information content (AvgIpc) is 2.18. The van der Waals surface area contributed by atoms with E-state index >= 15 is 0 Å². The molecule has 1 aliphatic rings. The Labute approximate surface area is 103 Å². The van der Waals surface area contributed by atoms with Crippen molar-refractivity contribution in [3.05, 3.63) is 0 Å². The Hall–Kier alpha value is -0.540. The van der Waals surface area contributed by atoms with Gasteiger partial charge in [0.25, 0.3) is 0 Å². The van der Waals surface area contributed by atoms with Gasteiger partial charge in [-0.1, -0.05) is 0 Å². The van der Waals surface area contributed by atoms with E-state index in [0.29, 0.717) is 0 Å². The smallest absolute Gasteiger partial charge is 0.388 e. The van der Waals surface area contributed by atoms with Crippen molar-refractivity contribution in [1.82, 2.24) is 5.32 Å². The molecule has 0 aliphatic carbocycles. The van der Waals surface area contributed by atoms with Gasteiger partial charge in [-0.3, -0.25) is 9.32 Å². The number of carbonyl (C=O) groups is 1. The van der Waals surface area contributed by atoms with Crippen LogP contribution in [0.5, 0.6) is 0 Å². The summed E-state index contributed by atoms with van der Waals surface area (Å²) in [6.07, 6.45) is -5.22. The third kappa shape index (κ3) is 3.99. The van der Waals surface area contributed by atoms with E-state index in [1.165, 1.54) is 6.92 Å². The van der Waals surface area contributed by atoms with E-state index in [-0.39, 0.29) is 0 Å². The predicted molar refractivity (Wildman–Crippen MR) is 57.1 cm³/mol. The average molecular weight is 285 g/mol. The minimum Gasteiger partial charge on any atom is -0.388 e. The van der Waals surface area contributed by atoms with E-state index in [2.05, 4.69) is 9.84 Å². The number of aliphatic hydroxyl groups excluding tert-OH is 2. The molecule has 0 aromatic rings. The maximum atomic E-state index is 10.9. The van der Waals surface area contributed by atoms with E-state index in [1.54, 1.807) is 0 Å². The normalized spacial score (nSPS) is 37.3. The summed E-state index contributed by atoms with van der Waals surface area (Å²) in [5.74, 6) is -0.566. The number of nitrogens with one attached hydrogen (secondary N) is 1. The monoisotopic (exact) mass is 285 g/mol. The highest BCUT2D eigenvalue weighted by atomic mass is 31.2. The second-order valence-electron chi connectivity index (χ2n) is 4.01. The van der Waals surface area contributed by atoms with Crippen molar-refractivity contribution in [2.75, 3.05) is 0 Å². The lowest BCUT2D eigenvalue weighted by molar-refractivity contribution is -0.236. The fourth-order valence-electron chi connectivity index (χ4n) is 1.64. The van der Waals surface area contributed by atoms with Gasteiger partial charge in [0.05, 0.1) is 6.10 Å². The number of carbonyl (C=O) groups excluding carboxylic acids is 1. The van der Waals surface area contributed by atoms with Crippen molar-refractivity contribution < 1.29 is 38.6 Å². The third-order valence-electron chi connectivity index (χ3n) is 2.45. The Morgan fingerprint density at radius 2 is 1.89 bits per heavy atom. The number of amides is 1. The first-order valence-corrected chi connectivity index (χ1v) is 6.67. The fourth-order valence-corrected chi connectivity index (χ4v) is 2.09. The highest BCUT2D eigenvalue weighted by Crippen LogP contribution is 2.40. The van der Waals surface area contributed by atoms with Crippen molar-refractivity contribution in [3.63, 3.8) is 0 Å². The Kier molecular flexibility index (Phi) is 4.84. The highest BCUT2D eigenvalue weighted by Gasteiger charge is 2.46. The van der Waals surface area contributed by atoms with Crippen LogP contribution in [0.4, 0.5) is 0 Å². The maximum Gasteiger partial charge on any atom is 0.472 e. The summed E-state index contributed by atoms with van der Waals surface area (Å²) >= 11 is 0. The van der Waals surface area contributed by atoms with Crippen molar-refractivity contribution in [2.24, 2.45) is 0 Å². The highest BCUT2D eigenvalue weighted by molar-refractivity contribution is 7.46. The standard InChI is InChI=1S/C8H16NO8P/c1-3-6(11)7(12)5(9-4(2)10)8(16-3)17-18(13,14)15/h3,5-8,11-12H,1-2H3,(H,9,10)(H2,13,14,15)/t3-,5-,6+,7-,8+/m0/s1. The molecule has 0 radical (unpaired) electrons. The van der Waals surface area contributed by atoms with Crippen molar-refractivity contribution in [2.45, 2.75) is 44.5 Å². The molecule has 0 spiro atoms. The largest absolute Gasteiger partial charge is 0.472 e. The van der Waals surface area contributed by atoms with Crippen LogP contribution in [-0.2, 0) is 18.6 Å². The number of hydrogen-bond acceptors (Lipinski definition) is 6. The molecule has 18 heavy (non-hydrogen) atoms. The number of ether oxygens (including phenoxy) is 1. The summed E-state index contributed by atoms with van der Waals surface area (Å²) in [7, 11) is -4.86. The molecule has 1 aliphatic heterocycles. The van der Waals surface area contributed by atoms with Gasteiger partial charge in [-0.05, 0) is 6.92 Å². The zero-order valence-corrected chi connectivity index (χ0v) is 10.7. The SMILES string of the molecule is CC(=O)N[C@@H]1[C@@H](OP(=O)(O)O)O[C@@H](C)[C@@H](O)[C@H]1O. The zero-order chi connectivity index (χ0) is 14.1. The van der Waals surface area contributed by atoms with Crippen LogP contribution in [0, 0.1) is 0 Å². The summed E-state index contributed by atoms with van der Waals surface area (Å²) in [6, 6.07) is -1.28. The molecule has 1 saturated heterocycles. The van der Waals surface area contributed by atoms with E-state index in [4.69, 9.17) is 14.5 Å². The molecule has 0 aromatic carbocycles. The van der Waals surface area contributed by atoms with Crippen LogP contribution in [0.15, 0.2) is 0 Å². The molecule has 0 unspecified atom stereocenters. The van der Waals surface area contributed by atoms with Gasteiger partial charge in [0.15, 0.2) is 6.29 Å². The third-order valence-corrected chi connectivity index (χ3v) is 2.93. The Bertz CT molecular complexity index is 357. The second kappa shape index (κ2) is 5.62. The molecular formula is C8H16NO8P. The van der Waals surface area contributed by atoms with Gasteiger partial charge in [-0.15, -0.1) is 0 Å². The van der Waals surface area contributed by atoms with Crippen LogP contribution < -0.4 is 5.32 Å². The first kappa shape index (κ1) is 15.5. The molecule has 0 bridgehead atoms. The molecular weight excluding hydrogens is 269 g/mol. The molecule has 5 atom stereocenters. The molecule has 1 heterocycles. The number of rotatable bonds is 3. The number of hydrogen-bond donors (Lipinski definition) is 5. The van der Waals surface area contributed by atoms with Gasteiger partial charge in [-0.25, -0.2) is 4.57 Å². The summed E-state index contributed by atoms with van der Waals surface area (Å²) < 4.78 is 20.1. The molecule has 5 N–H and O–H groups in total. The minimum absolute atomic E-state index is 0.566. The van der Waals surface area contributed by atoms with Gasteiger partial charge in [-0.2, -0.15) is 0 Å². The van der Waals surface area contributed by atoms with Gasteiger partial charge in [0, 0.05) is 6.92 Å².